The highest BCUT2D eigenvalue weighted by Crippen LogP contribution is 2.33. The summed E-state index contributed by atoms with van der Waals surface area (Å²) in [4.78, 5) is 13.9. The van der Waals surface area contributed by atoms with Crippen LogP contribution in [-0.4, -0.2) is 13.0 Å². The van der Waals surface area contributed by atoms with Crippen molar-refractivity contribution < 1.29 is 4.79 Å². The molecular formula is C12H10Br2N2OS. The van der Waals surface area contributed by atoms with Crippen molar-refractivity contribution in [3.8, 4) is 0 Å². The van der Waals surface area contributed by atoms with Gasteiger partial charge in [0.05, 0.1) is 13.1 Å². The van der Waals surface area contributed by atoms with Crippen molar-refractivity contribution in [1.82, 2.24) is 0 Å². The minimum absolute atomic E-state index is 0.0615. The van der Waals surface area contributed by atoms with Crippen molar-refractivity contribution in [2.24, 2.45) is 0 Å². The summed E-state index contributed by atoms with van der Waals surface area (Å²) in [5.41, 5.74) is 7.76. The SMILES string of the molecule is CN(C(=O)c1cc(Br)sc1Br)c1ccc(N)cc1. The number of thiophene rings is 1. The fourth-order valence-corrected chi connectivity index (χ4v) is 4.26. The number of rotatable bonds is 2. The molecule has 94 valence electrons. The molecule has 0 saturated carbocycles. The third-order valence-corrected chi connectivity index (χ3v) is 4.81. The standard InChI is InChI=1S/C12H10Br2N2OS/c1-16(8-4-2-7(15)3-5-8)12(17)9-6-10(13)18-11(9)14/h2-6H,15H2,1H3. The third-order valence-electron chi connectivity index (χ3n) is 2.47. The number of halogens is 2. The summed E-state index contributed by atoms with van der Waals surface area (Å²) < 4.78 is 1.74. The van der Waals surface area contributed by atoms with E-state index in [9.17, 15) is 4.79 Å². The second-order valence-corrected chi connectivity index (χ2v) is 7.44. The van der Waals surface area contributed by atoms with Gasteiger partial charge in [-0.25, -0.2) is 0 Å². The Hall–Kier alpha value is -0.850. The van der Waals surface area contributed by atoms with Gasteiger partial charge < -0.3 is 10.6 Å². The van der Waals surface area contributed by atoms with Crippen LogP contribution >= 0.6 is 43.2 Å². The first-order valence-electron chi connectivity index (χ1n) is 5.07. The number of nitrogens with two attached hydrogens (primary N) is 1. The Bertz CT molecular complexity index is 580. The number of nitrogens with zero attached hydrogens (tertiary/aromatic N) is 1. The predicted octanol–water partition coefficient (Wildman–Crippen LogP) is 4.13. The summed E-state index contributed by atoms with van der Waals surface area (Å²) in [6.07, 6.45) is 0. The smallest absolute Gasteiger partial charge is 0.260 e. The summed E-state index contributed by atoms with van der Waals surface area (Å²) in [6, 6.07) is 9.01. The molecule has 0 saturated heterocycles. The molecule has 2 N–H and O–H groups in total. The maximum Gasteiger partial charge on any atom is 0.260 e. The van der Waals surface area contributed by atoms with E-state index in [0.717, 1.165) is 13.3 Å². The molecule has 18 heavy (non-hydrogen) atoms. The quantitative estimate of drug-likeness (QED) is 0.784. The van der Waals surface area contributed by atoms with Gasteiger partial charge >= 0.3 is 0 Å². The molecule has 0 aliphatic heterocycles. The van der Waals surface area contributed by atoms with Crippen molar-refractivity contribution in [2.45, 2.75) is 0 Å². The minimum Gasteiger partial charge on any atom is -0.399 e. The first-order valence-corrected chi connectivity index (χ1v) is 7.47. The van der Waals surface area contributed by atoms with Gasteiger partial charge in [-0.05, 0) is 62.2 Å². The number of benzene rings is 1. The second kappa shape index (κ2) is 5.42. The van der Waals surface area contributed by atoms with Crippen LogP contribution in [0.3, 0.4) is 0 Å². The average Bonchev–Trinajstić information content (AvgIpc) is 2.67. The number of carbonyl (C=O) groups is 1. The molecule has 0 bridgehead atoms. The molecule has 0 aliphatic rings. The Morgan fingerprint density at radius 3 is 2.39 bits per heavy atom. The highest BCUT2D eigenvalue weighted by molar-refractivity contribution is 9.12. The number of hydrogen-bond acceptors (Lipinski definition) is 3. The summed E-state index contributed by atoms with van der Waals surface area (Å²) in [5.74, 6) is -0.0615. The van der Waals surface area contributed by atoms with Crippen molar-refractivity contribution in [3.05, 3.63) is 43.5 Å². The van der Waals surface area contributed by atoms with Crippen LogP contribution in [0.15, 0.2) is 37.9 Å². The minimum atomic E-state index is -0.0615. The maximum absolute atomic E-state index is 12.3. The normalized spacial score (nSPS) is 10.4. The molecule has 1 amide bonds. The Balaban J connectivity index is 2.29. The van der Waals surface area contributed by atoms with Gasteiger partial charge in [0.15, 0.2) is 0 Å². The lowest BCUT2D eigenvalue weighted by atomic mass is 10.2. The molecule has 1 aromatic carbocycles. The zero-order valence-electron chi connectivity index (χ0n) is 9.48. The van der Waals surface area contributed by atoms with Crippen LogP contribution in [0.4, 0.5) is 11.4 Å². The van der Waals surface area contributed by atoms with Crippen molar-refractivity contribution in [1.29, 1.82) is 0 Å². The fourth-order valence-electron chi connectivity index (χ4n) is 1.48. The zero-order valence-corrected chi connectivity index (χ0v) is 13.5. The van der Waals surface area contributed by atoms with Crippen LogP contribution in [0, 0.1) is 0 Å². The maximum atomic E-state index is 12.3. The lowest BCUT2D eigenvalue weighted by molar-refractivity contribution is 0.0993. The van der Waals surface area contributed by atoms with E-state index >= 15 is 0 Å². The molecule has 0 atom stereocenters. The van der Waals surface area contributed by atoms with Crippen LogP contribution in [0.1, 0.15) is 10.4 Å². The summed E-state index contributed by atoms with van der Waals surface area (Å²) in [7, 11) is 1.74. The molecule has 6 heteroatoms. The van der Waals surface area contributed by atoms with Crippen molar-refractivity contribution in [3.63, 3.8) is 0 Å². The molecule has 0 radical (unpaired) electrons. The van der Waals surface area contributed by atoms with Crippen LogP contribution in [0.25, 0.3) is 0 Å². The van der Waals surface area contributed by atoms with Gasteiger partial charge in [0.25, 0.3) is 5.91 Å². The first-order chi connectivity index (χ1) is 8.49. The summed E-state index contributed by atoms with van der Waals surface area (Å²) >= 11 is 8.24. The van der Waals surface area contributed by atoms with E-state index in [2.05, 4.69) is 31.9 Å². The second-order valence-electron chi connectivity index (χ2n) is 3.69. The van der Waals surface area contributed by atoms with Gasteiger partial charge in [0, 0.05) is 18.4 Å². The summed E-state index contributed by atoms with van der Waals surface area (Å²) in [6.45, 7) is 0. The average molecular weight is 390 g/mol. The van der Waals surface area contributed by atoms with Gasteiger partial charge in [-0.3, -0.25) is 4.79 Å². The molecule has 0 aliphatic carbocycles. The van der Waals surface area contributed by atoms with Gasteiger partial charge in [0.2, 0.25) is 0 Å². The van der Waals surface area contributed by atoms with Crippen molar-refractivity contribution in [2.75, 3.05) is 17.7 Å². The van der Waals surface area contributed by atoms with E-state index in [0.29, 0.717) is 11.3 Å². The molecular weight excluding hydrogens is 380 g/mol. The highest BCUT2D eigenvalue weighted by Gasteiger charge is 2.18. The number of carbonyl (C=O) groups excluding carboxylic acids is 1. The Morgan fingerprint density at radius 1 is 1.28 bits per heavy atom. The molecule has 1 aromatic heterocycles. The van der Waals surface area contributed by atoms with Gasteiger partial charge in [-0.15, -0.1) is 11.3 Å². The van der Waals surface area contributed by atoms with Gasteiger partial charge in [0.1, 0.15) is 0 Å². The van der Waals surface area contributed by atoms with E-state index in [1.54, 1.807) is 24.1 Å². The number of amides is 1. The van der Waals surface area contributed by atoms with E-state index in [4.69, 9.17) is 5.73 Å². The van der Waals surface area contributed by atoms with E-state index < -0.39 is 0 Å². The fraction of sp³-hybridized carbons (Fsp3) is 0.0833. The zero-order chi connectivity index (χ0) is 13.3. The van der Waals surface area contributed by atoms with E-state index in [1.807, 2.05) is 18.2 Å². The Kier molecular flexibility index (Phi) is 4.09. The highest BCUT2D eigenvalue weighted by atomic mass is 79.9. The largest absolute Gasteiger partial charge is 0.399 e. The molecule has 2 rings (SSSR count). The van der Waals surface area contributed by atoms with Crippen LogP contribution < -0.4 is 10.6 Å². The van der Waals surface area contributed by atoms with Crippen LogP contribution in [0.5, 0.6) is 0 Å². The predicted molar refractivity (Wildman–Crippen MR) is 83.3 cm³/mol. The van der Waals surface area contributed by atoms with E-state index in [1.165, 1.54) is 11.3 Å². The van der Waals surface area contributed by atoms with E-state index in [-0.39, 0.29) is 5.91 Å². The first kappa shape index (κ1) is 13.6. The van der Waals surface area contributed by atoms with Crippen LogP contribution in [0.2, 0.25) is 0 Å². The molecule has 0 unspecified atom stereocenters. The number of hydrogen-bond donors (Lipinski definition) is 1. The van der Waals surface area contributed by atoms with Gasteiger partial charge in [-0.2, -0.15) is 0 Å². The number of nitrogen functional groups attached to an aromatic ring is 1. The topological polar surface area (TPSA) is 46.3 Å². The Morgan fingerprint density at radius 2 is 1.89 bits per heavy atom. The number of anilines is 2. The molecule has 1 heterocycles. The lowest BCUT2D eigenvalue weighted by Gasteiger charge is -2.17. The summed E-state index contributed by atoms with van der Waals surface area (Å²) in [5, 5.41) is 0. The Labute approximate surface area is 126 Å². The molecule has 0 spiro atoms. The van der Waals surface area contributed by atoms with Crippen LogP contribution in [-0.2, 0) is 0 Å². The monoisotopic (exact) mass is 388 g/mol. The van der Waals surface area contributed by atoms with Crippen molar-refractivity contribution >= 4 is 60.5 Å². The lowest BCUT2D eigenvalue weighted by Crippen LogP contribution is -2.25. The third kappa shape index (κ3) is 2.76. The molecule has 0 fully saturated rings. The molecule has 2 aromatic rings. The van der Waals surface area contributed by atoms with Gasteiger partial charge in [-0.1, -0.05) is 0 Å². The molecule has 3 nitrogen and oxygen atoms in total.